The lowest BCUT2D eigenvalue weighted by Gasteiger charge is -2.42. The number of alkyl halides is 7. The van der Waals surface area contributed by atoms with Crippen LogP contribution in [-0.4, -0.2) is 53.1 Å². The third-order valence-corrected chi connectivity index (χ3v) is 13.6. The Morgan fingerprint density at radius 1 is 0.932 bits per heavy atom. The number of carbonyl (C=O) groups excluding carboxylic acids is 1. The summed E-state index contributed by atoms with van der Waals surface area (Å²) in [5.41, 5.74) is -7.86. The van der Waals surface area contributed by atoms with Crippen molar-refractivity contribution in [1.29, 1.82) is 0 Å². The largest absolute Gasteiger partial charge is 0.435 e. The molecule has 2 fully saturated rings. The molecule has 2 aromatic rings. The molecule has 44 heavy (non-hydrogen) atoms. The van der Waals surface area contributed by atoms with Crippen molar-refractivity contribution in [2.24, 2.45) is 17.8 Å². The Balaban J connectivity index is 1.58. The van der Waals surface area contributed by atoms with Gasteiger partial charge in [0.05, 0.1) is 16.4 Å². The summed E-state index contributed by atoms with van der Waals surface area (Å²) in [5.74, 6) is -3.76. The second-order valence-electron chi connectivity index (χ2n) is 11.7. The van der Waals surface area contributed by atoms with Gasteiger partial charge in [-0.05, 0) is 79.3 Å². The maximum atomic E-state index is 14.9. The quantitative estimate of drug-likeness (QED) is 0.332. The Morgan fingerprint density at radius 3 is 2.14 bits per heavy atom. The molecule has 0 aromatic heterocycles. The SMILES string of the molecule is O=C(NCC1CCS(=O)(=O)C1)C1CCC2(S(=O)(=O)c3ccc(F)cc3)c3ccc(C(F)(C(F)(F)F)C(F)(F)F)cc3CCC12. The monoisotopic (exact) mass is 673 g/mol. The van der Waals surface area contributed by atoms with Gasteiger partial charge in [0.1, 0.15) is 10.6 Å². The number of aryl methyl sites for hydroxylation is 1. The van der Waals surface area contributed by atoms with Crippen LogP contribution in [0.2, 0.25) is 0 Å². The number of hydrogen-bond acceptors (Lipinski definition) is 5. The summed E-state index contributed by atoms with van der Waals surface area (Å²) in [6, 6.07) is 5.14. The first-order valence-corrected chi connectivity index (χ1v) is 17.0. The summed E-state index contributed by atoms with van der Waals surface area (Å²) < 4.78 is 160. The molecule has 1 N–H and O–H groups in total. The fourth-order valence-electron chi connectivity index (χ4n) is 7.10. The molecule has 4 atom stereocenters. The van der Waals surface area contributed by atoms with Gasteiger partial charge in [0.15, 0.2) is 19.7 Å². The molecule has 2 aromatic carbocycles. The average Bonchev–Trinajstić information content (AvgIpc) is 3.50. The molecule has 4 unspecified atom stereocenters. The molecule has 2 aliphatic carbocycles. The molecule has 1 heterocycles. The maximum absolute atomic E-state index is 14.9. The minimum absolute atomic E-state index is 0.0202. The molecule has 0 spiro atoms. The van der Waals surface area contributed by atoms with Crippen LogP contribution in [0.4, 0.5) is 35.1 Å². The van der Waals surface area contributed by atoms with Gasteiger partial charge in [-0.2, -0.15) is 26.3 Å². The molecule has 1 saturated heterocycles. The maximum Gasteiger partial charge on any atom is 0.435 e. The first-order chi connectivity index (χ1) is 20.2. The van der Waals surface area contributed by atoms with E-state index in [0.717, 1.165) is 30.3 Å². The Kier molecular flexibility index (Phi) is 7.91. The molecule has 0 radical (unpaired) electrons. The van der Waals surface area contributed by atoms with Crippen LogP contribution >= 0.6 is 0 Å². The number of fused-ring (bicyclic) bond motifs is 3. The van der Waals surface area contributed by atoms with Crippen molar-refractivity contribution in [2.45, 2.75) is 59.8 Å². The van der Waals surface area contributed by atoms with E-state index < -0.39 is 71.6 Å². The highest BCUT2D eigenvalue weighted by Crippen LogP contribution is 2.60. The number of amides is 1. The highest BCUT2D eigenvalue weighted by atomic mass is 32.2. The Bertz CT molecular complexity index is 1660. The minimum Gasteiger partial charge on any atom is -0.356 e. The molecule has 1 aliphatic heterocycles. The van der Waals surface area contributed by atoms with Gasteiger partial charge in [0.25, 0.3) is 0 Å². The number of hydrogen-bond donors (Lipinski definition) is 1. The van der Waals surface area contributed by atoms with Gasteiger partial charge in [-0.25, -0.2) is 25.6 Å². The van der Waals surface area contributed by atoms with Crippen molar-refractivity contribution in [3.8, 4) is 0 Å². The number of nitrogens with one attached hydrogen (secondary N) is 1. The van der Waals surface area contributed by atoms with Crippen LogP contribution in [0.1, 0.15) is 42.4 Å². The van der Waals surface area contributed by atoms with E-state index in [1.54, 1.807) is 0 Å². The first-order valence-electron chi connectivity index (χ1n) is 13.7. The first kappa shape index (κ1) is 32.6. The number of rotatable bonds is 6. The second-order valence-corrected chi connectivity index (χ2v) is 16.1. The van der Waals surface area contributed by atoms with Crippen molar-refractivity contribution >= 4 is 25.6 Å². The molecular weight excluding hydrogens is 646 g/mol. The number of halogens is 8. The molecule has 5 rings (SSSR count). The molecule has 6 nitrogen and oxygen atoms in total. The summed E-state index contributed by atoms with van der Waals surface area (Å²) in [5, 5.41) is 2.69. The van der Waals surface area contributed by atoms with Crippen molar-refractivity contribution < 1.29 is 56.8 Å². The van der Waals surface area contributed by atoms with Crippen LogP contribution < -0.4 is 5.32 Å². The predicted molar refractivity (Wildman–Crippen MR) is 141 cm³/mol. The fourth-order valence-corrected chi connectivity index (χ4v) is 11.4. The number of carbonyl (C=O) groups is 1. The van der Waals surface area contributed by atoms with E-state index in [0.29, 0.717) is 12.5 Å². The minimum atomic E-state index is -6.37. The zero-order chi connectivity index (χ0) is 32.5. The van der Waals surface area contributed by atoms with Gasteiger partial charge in [0.2, 0.25) is 5.91 Å². The second kappa shape index (κ2) is 10.7. The Hall–Kier alpha value is -2.75. The Morgan fingerprint density at radius 2 is 1.57 bits per heavy atom. The van der Waals surface area contributed by atoms with E-state index in [9.17, 15) is 56.8 Å². The van der Waals surface area contributed by atoms with E-state index in [1.807, 2.05) is 0 Å². The molecule has 242 valence electrons. The van der Waals surface area contributed by atoms with Crippen LogP contribution in [0, 0.1) is 23.6 Å². The van der Waals surface area contributed by atoms with Gasteiger partial charge in [-0.1, -0.05) is 18.2 Å². The van der Waals surface area contributed by atoms with Crippen LogP contribution in [0.25, 0.3) is 0 Å². The van der Waals surface area contributed by atoms with Gasteiger partial charge in [-0.15, -0.1) is 0 Å². The third-order valence-electron chi connectivity index (χ3n) is 9.21. The highest BCUT2D eigenvalue weighted by Gasteiger charge is 2.74. The molecular formula is C28H27F8NO5S2. The van der Waals surface area contributed by atoms with Crippen LogP contribution in [-0.2, 0) is 41.3 Å². The summed E-state index contributed by atoms with van der Waals surface area (Å²) in [4.78, 5) is 13.0. The summed E-state index contributed by atoms with van der Waals surface area (Å²) in [6.07, 6.45) is -13.1. The lowest BCUT2D eigenvalue weighted by molar-refractivity contribution is -0.348. The van der Waals surface area contributed by atoms with Crippen molar-refractivity contribution in [1.82, 2.24) is 5.32 Å². The number of sulfone groups is 2. The van der Waals surface area contributed by atoms with Crippen LogP contribution in [0.15, 0.2) is 47.4 Å². The molecule has 16 heteroatoms. The summed E-state index contributed by atoms with van der Waals surface area (Å²) in [7, 11) is -7.81. The summed E-state index contributed by atoms with van der Waals surface area (Å²) in [6.45, 7) is 0.0202. The van der Waals surface area contributed by atoms with Gasteiger partial charge in [0, 0.05) is 18.0 Å². The zero-order valence-corrected chi connectivity index (χ0v) is 24.4. The smallest absolute Gasteiger partial charge is 0.356 e. The predicted octanol–water partition coefficient (Wildman–Crippen LogP) is 5.31. The van der Waals surface area contributed by atoms with Crippen LogP contribution in [0.5, 0.6) is 0 Å². The standard InChI is InChI=1S/C28H27F8NO5S2/c29-19-3-5-20(6-4-19)44(41,42)25-11-9-21(24(38)37-14-16-10-12-43(39,40)15-16)23(25)7-1-17-13-18(2-8-22(17)25)26(30,27(31,32)33)28(34,35)36/h2-6,8,13,16,21,23H,1,7,9-12,14-15H2,(H,37,38). The fraction of sp³-hybridized carbons (Fsp3) is 0.536. The van der Waals surface area contributed by atoms with Crippen molar-refractivity contribution in [3.63, 3.8) is 0 Å². The lowest BCUT2D eigenvalue weighted by atomic mass is 9.72. The van der Waals surface area contributed by atoms with Gasteiger partial charge >= 0.3 is 18.0 Å². The number of benzene rings is 2. The van der Waals surface area contributed by atoms with Gasteiger partial charge in [-0.3, -0.25) is 4.79 Å². The highest BCUT2D eigenvalue weighted by molar-refractivity contribution is 7.92. The van der Waals surface area contributed by atoms with Crippen LogP contribution in [0.3, 0.4) is 0 Å². The van der Waals surface area contributed by atoms with E-state index in [1.165, 1.54) is 0 Å². The van der Waals surface area contributed by atoms with E-state index in [-0.39, 0.29) is 71.7 Å². The average molecular weight is 674 g/mol. The molecule has 1 saturated carbocycles. The van der Waals surface area contributed by atoms with Crippen molar-refractivity contribution in [3.05, 3.63) is 65.0 Å². The summed E-state index contributed by atoms with van der Waals surface area (Å²) >= 11 is 0. The Labute approximate surface area is 248 Å². The van der Waals surface area contributed by atoms with Crippen molar-refractivity contribution in [2.75, 3.05) is 18.1 Å². The third kappa shape index (κ3) is 5.09. The van der Waals surface area contributed by atoms with E-state index >= 15 is 0 Å². The molecule has 0 bridgehead atoms. The van der Waals surface area contributed by atoms with E-state index in [4.69, 9.17) is 0 Å². The van der Waals surface area contributed by atoms with E-state index in [2.05, 4.69) is 5.32 Å². The van der Waals surface area contributed by atoms with Gasteiger partial charge < -0.3 is 5.32 Å². The lowest BCUT2D eigenvalue weighted by Crippen LogP contribution is -2.51. The molecule has 1 amide bonds. The normalized spacial score (nSPS) is 27.0. The topological polar surface area (TPSA) is 97.4 Å². The molecule has 3 aliphatic rings. The zero-order valence-electron chi connectivity index (χ0n) is 22.8.